The van der Waals surface area contributed by atoms with Crippen LogP contribution in [0.5, 0.6) is 0 Å². The fourth-order valence-corrected chi connectivity index (χ4v) is 6.29. The molecule has 0 saturated heterocycles. The van der Waals surface area contributed by atoms with Gasteiger partial charge in [0.1, 0.15) is 16.3 Å². The van der Waals surface area contributed by atoms with Gasteiger partial charge in [-0.2, -0.15) is 0 Å². The number of hydrogen-bond donors (Lipinski definition) is 1. The molecule has 3 aromatic heterocycles. The van der Waals surface area contributed by atoms with Crippen molar-refractivity contribution in [3.8, 4) is 11.1 Å². The number of fused-ring (bicyclic) bond motifs is 1. The van der Waals surface area contributed by atoms with Crippen molar-refractivity contribution >= 4 is 49.8 Å². The molecule has 1 aliphatic carbocycles. The van der Waals surface area contributed by atoms with Gasteiger partial charge in [0.25, 0.3) is 5.91 Å². The second kappa shape index (κ2) is 8.92. The van der Waals surface area contributed by atoms with Gasteiger partial charge in [0.05, 0.1) is 16.8 Å². The molecule has 0 aliphatic heterocycles. The van der Waals surface area contributed by atoms with Crippen LogP contribution in [0.25, 0.3) is 21.3 Å². The van der Waals surface area contributed by atoms with Crippen LogP contribution >= 0.6 is 22.7 Å². The number of carbonyl (C=O) groups excluding carboxylic acids is 2. The summed E-state index contributed by atoms with van der Waals surface area (Å²) in [5.74, 6) is -0.609. The highest BCUT2D eigenvalue weighted by atomic mass is 32.1. The molecule has 1 aromatic carbocycles. The minimum Gasteiger partial charge on any atom is -0.462 e. The first-order chi connectivity index (χ1) is 15.7. The van der Waals surface area contributed by atoms with Crippen molar-refractivity contribution in [1.29, 1.82) is 0 Å². The van der Waals surface area contributed by atoms with E-state index in [-0.39, 0.29) is 12.5 Å². The molecule has 0 atom stereocenters. The molecule has 1 amide bonds. The SMILES string of the molecule is CCOC(=O)c1c(-c2ccccc2)csc1NC(=O)c1cc2sccc2n1C1CCCC1. The molecule has 5 nitrogen and oxygen atoms in total. The molecule has 32 heavy (non-hydrogen) atoms. The predicted molar refractivity (Wildman–Crippen MR) is 131 cm³/mol. The topological polar surface area (TPSA) is 60.3 Å². The fourth-order valence-electron chi connectivity index (χ4n) is 4.53. The summed E-state index contributed by atoms with van der Waals surface area (Å²) in [6.45, 7) is 2.06. The van der Waals surface area contributed by atoms with Gasteiger partial charge in [-0.3, -0.25) is 4.79 Å². The standard InChI is InChI=1S/C25H24N2O3S2/c1-2-30-25(29)22-18(16-8-4-3-5-9-16)15-32-24(22)26-23(28)20-14-21-19(12-13-31-21)27(20)17-10-6-7-11-17/h3-5,8-9,12-15,17H,2,6-7,10-11H2,1H3,(H,26,28). The number of hydrogen-bond acceptors (Lipinski definition) is 5. The molecule has 164 valence electrons. The van der Waals surface area contributed by atoms with Crippen molar-refractivity contribution in [3.05, 3.63) is 64.5 Å². The molecule has 3 heterocycles. The van der Waals surface area contributed by atoms with Crippen molar-refractivity contribution in [3.63, 3.8) is 0 Å². The van der Waals surface area contributed by atoms with Crippen LogP contribution in [-0.4, -0.2) is 23.1 Å². The number of benzene rings is 1. The lowest BCUT2D eigenvalue weighted by Gasteiger charge is -2.17. The molecule has 0 radical (unpaired) electrons. The first-order valence-corrected chi connectivity index (χ1v) is 12.7. The third kappa shape index (κ3) is 3.76. The molecular weight excluding hydrogens is 440 g/mol. The molecule has 1 N–H and O–H groups in total. The normalized spacial score (nSPS) is 14.2. The van der Waals surface area contributed by atoms with Crippen LogP contribution in [0.4, 0.5) is 5.00 Å². The highest BCUT2D eigenvalue weighted by Crippen LogP contribution is 2.39. The number of esters is 1. The quantitative estimate of drug-likeness (QED) is 0.313. The summed E-state index contributed by atoms with van der Waals surface area (Å²) >= 11 is 3.00. The number of anilines is 1. The fraction of sp³-hybridized carbons (Fsp3) is 0.280. The summed E-state index contributed by atoms with van der Waals surface area (Å²) in [4.78, 5) is 26.3. The van der Waals surface area contributed by atoms with Gasteiger partial charge in [-0.15, -0.1) is 22.7 Å². The van der Waals surface area contributed by atoms with Crippen molar-refractivity contribution in [2.24, 2.45) is 0 Å². The van der Waals surface area contributed by atoms with E-state index in [9.17, 15) is 9.59 Å². The van der Waals surface area contributed by atoms with Crippen LogP contribution in [-0.2, 0) is 4.74 Å². The van der Waals surface area contributed by atoms with Gasteiger partial charge in [-0.05, 0) is 42.8 Å². The number of thiophene rings is 2. The Bertz CT molecular complexity index is 1260. The minimum absolute atomic E-state index is 0.188. The summed E-state index contributed by atoms with van der Waals surface area (Å²) in [5.41, 5.74) is 3.88. The highest BCUT2D eigenvalue weighted by molar-refractivity contribution is 7.17. The maximum atomic E-state index is 13.5. The van der Waals surface area contributed by atoms with E-state index in [4.69, 9.17) is 4.74 Å². The number of aromatic nitrogens is 1. The first-order valence-electron chi connectivity index (χ1n) is 10.9. The third-order valence-corrected chi connectivity index (χ3v) is 7.71. The number of nitrogens with one attached hydrogen (secondary N) is 1. The molecule has 1 fully saturated rings. The van der Waals surface area contributed by atoms with E-state index in [0.29, 0.717) is 22.3 Å². The van der Waals surface area contributed by atoms with Crippen LogP contribution in [0, 0.1) is 0 Å². The molecule has 1 saturated carbocycles. The van der Waals surface area contributed by atoms with E-state index in [1.165, 1.54) is 24.2 Å². The second-order valence-corrected chi connectivity index (χ2v) is 9.73. The zero-order chi connectivity index (χ0) is 22.1. The minimum atomic E-state index is -0.421. The molecule has 0 unspecified atom stereocenters. The van der Waals surface area contributed by atoms with Crippen LogP contribution in [0.2, 0.25) is 0 Å². The van der Waals surface area contributed by atoms with E-state index < -0.39 is 5.97 Å². The molecule has 1 aliphatic rings. The lowest BCUT2D eigenvalue weighted by Crippen LogP contribution is -2.20. The number of amides is 1. The highest BCUT2D eigenvalue weighted by Gasteiger charge is 2.27. The van der Waals surface area contributed by atoms with Crippen LogP contribution in [0.15, 0.2) is 53.2 Å². The van der Waals surface area contributed by atoms with Gasteiger partial charge in [0.15, 0.2) is 0 Å². The largest absolute Gasteiger partial charge is 0.462 e. The summed E-state index contributed by atoms with van der Waals surface area (Å²) in [7, 11) is 0. The first kappa shape index (κ1) is 21.0. The summed E-state index contributed by atoms with van der Waals surface area (Å²) in [6.07, 6.45) is 4.55. The van der Waals surface area contributed by atoms with Crippen molar-refractivity contribution in [2.75, 3.05) is 11.9 Å². The van der Waals surface area contributed by atoms with Crippen molar-refractivity contribution in [2.45, 2.75) is 38.6 Å². The molecule has 7 heteroatoms. The van der Waals surface area contributed by atoms with E-state index in [1.807, 2.05) is 41.8 Å². The molecular formula is C25H24N2O3S2. The maximum absolute atomic E-state index is 13.5. The van der Waals surface area contributed by atoms with Crippen molar-refractivity contribution < 1.29 is 14.3 Å². The predicted octanol–water partition coefficient (Wildman–Crippen LogP) is 6.98. The number of ether oxygens (including phenoxy) is 1. The zero-order valence-electron chi connectivity index (χ0n) is 17.8. The van der Waals surface area contributed by atoms with Gasteiger partial charge in [0.2, 0.25) is 0 Å². The Morgan fingerprint density at radius 2 is 1.91 bits per heavy atom. The van der Waals surface area contributed by atoms with Crippen molar-refractivity contribution in [1.82, 2.24) is 4.57 Å². The van der Waals surface area contributed by atoms with E-state index in [2.05, 4.69) is 21.3 Å². The Balaban J connectivity index is 1.53. The van der Waals surface area contributed by atoms with Gasteiger partial charge in [-0.1, -0.05) is 43.2 Å². The monoisotopic (exact) mass is 464 g/mol. The van der Waals surface area contributed by atoms with E-state index >= 15 is 0 Å². The Morgan fingerprint density at radius 3 is 2.66 bits per heavy atom. The average Bonchev–Trinajstić information content (AvgIpc) is 3.57. The van der Waals surface area contributed by atoms with Crippen LogP contribution in [0.3, 0.4) is 0 Å². The Labute approximate surface area is 194 Å². The zero-order valence-corrected chi connectivity index (χ0v) is 19.4. The van der Waals surface area contributed by atoms with Gasteiger partial charge in [0, 0.05) is 17.0 Å². The lowest BCUT2D eigenvalue weighted by molar-refractivity contribution is 0.0529. The Hall–Kier alpha value is -2.90. The van der Waals surface area contributed by atoms with Gasteiger partial charge < -0.3 is 14.6 Å². The average molecular weight is 465 g/mol. The second-order valence-electron chi connectivity index (χ2n) is 7.90. The summed E-state index contributed by atoms with van der Waals surface area (Å²) in [5, 5.41) is 7.54. The molecule has 0 spiro atoms. The Morgan fingerprint density at radius 1 is 1.12 bits per heavy atom. The lowest BCUT2D eigenvalue weighted by atomic mass is 10.0. The molecule has 5 rings (SSSR count). The maximum Gasteiger partial charge on any atom is 0.341 e. The van der Waals surface area contributed by atoms with Gasteiger partial charge in [-0.25, -0.2) is 4.79 Å². The molecule has 4 aromatic rings. The number of rotatable bonds is 6. The third-order valence-electron chi connectivity index (χ3n) is 5.97. The van der Waals surface area contributed by atoms with E-state index in [1.54, 1.807) is 18.3 Å². The summed E-state index contributed by atoms with van der Waals surface area (Å²) < 4.78 is 8.64. The summed E-state index contributed by atoms with van der Waals surface area (Å²) in [6, 6.07) is 14.1. The Kier molecular flexibility index (Phi) is 5.85. The van der Waals surface area contributed by atoms with Crippen LogP contribution in [0.1, 0.15) is 59.5 Å². The molecule has 0 bridgehead atoms. The number of carbonyl (C=O) groups is 2. The van der Waals surface area contributed by atoms with Crippen LogP contribution < -0.4 is 5.32 Å². The number of nitrogens with zero attached hydrogens (tertiary/aromatic N) is 1. The smallest absolute Gasteiger partial charge is 0.341 e. The van der Waals surface area contributed by atoms with E-state index in [0.717, 1.165) is 34.2 Å². The van der Waals surface area contributed by atoms with Gasteiger partial charge >= 0.3 is 5.97 Å².